The van der Waals surface area contributed by atoms with E-state index in [-0.39, 0.29) is 11.9 Å². The fourth-order valence-corrected chi connectivity index (χ4v) is 5.39. The van der Waals surface area contributed by atoms with Gasteiger partial charge in [0.25, 0.3) is 0 Å². The van der Waals surface area contributed by atoms with Gasteiger partial charge < -0.3 is 10.2 Å². The summed E-state index contributed by atoms with van der Waals surface area (Å²) >= 11 is 0. The molecule has 6 heterocycles. The van der Waals surface area contributed by atoms with Gasteiger partial charge in [-0.3, -0.25) is 14.9 Å². The highest BCUT2D eigenvalue weighted by Gasteiger charge is 2.25. The summed E-state index contributed by atoms with van der Waals surface area (Å²) in [4.78, 5) is 29.0. The predicted octanol–water partition coefficient (Wildman–Crippen LogP) is 3.69. The van der Waals surface area contributed by atoms with E-state index in [4.69, 9.17) is 4.98 Å². The minimum atomic E-state index is 0.147. The van der Waals surface area contributed by atoms with Gasteiger partial charge in [0.05, 0.1) is 28.3 Å². The molecule has 1 unspecified atom stereocenters. The van der Waals surface area contributed by atoms with Gasteiger partial charge in [-0.1, -0.05) is 0 Å². The molecular weight excluding hydrogens is 414 g/mol. The molecule has 168 valence electrons. The number of piperidine rings is 1. The number of rotatable bonds is 0. The Morgan fingerprint density at radius 3 is 2.88 bits per heavy atom. The Hall–Kier alpha value is -3.55. The molecule has 0 radical (unpaired) electrons. The molecule has 7 rings (SSSR count). The molecule has 2 N–H and O–H groups in total. The zero-order chi connectivity index (χ0) is 22.4. The highest BCUT2D eigenvalue weighted by atomic mass is 16.1. The number of nitrogens with zero attached hydrogens (tertiary/aromatic N) is 5. The average molecular weight is 442 g/mol. The normalized spacial score (nSPS) is 19.2. The number of aromatic nitrogens is 5. The second-order valence-electron chi connectivity index (χ2n) is 9.22. The number of carbonyl (C=O) groups is 1. The number of hydrogen-bond acceptors (Lipinski definition) is 6. The third-order valence-corrected chi connectivity index (χ3v) is 7.00. The van der Waals surface area contributed by atoms with Gasteiger partial charge in [-0.05, 0) is 62.3 Å². The van der Waals surface area contributed by atoms with Crippen LogP contribution < -0.4 is 10.2 Å². The zero-order valence-corrected chi connectivity index (χ0v) is 18.8. The Bertz CT molecular complexity index is 1360. The van der Waals surface area contributed by atoms with E-state index in [1.165, 1.54) is 11.1 Å². The number of aryl methyl sites for hydroxylation is 1. The number of benzene rings is 1. The molecule has 0 spiro atoms. The summed E-state index contributed by atoms with van der Waals surface area (Å²) in [7, 11) is 0. The van der Waals surface area contributed by atoms with Gasteiger partial charge in [0.15, 0.2) is 0 Å². The molecule has 1 aromatic carbocycles. The van der Waals surface area contributed by atoms with E-state index in [0.29, 0.717) is 6.42 Å². The molecule has 3 aliphatic rings. The van der Waals surface area contributed by atoms with Gasteiger partial charge in [0.1, 0.15) is 12.1 Å². The molecule has 0 saturated carbocycles. The fourth-order valence-electron chi connectivity index (χ4n) is 5.39. The molecule has 6 bridgehead atoms. The lowest BCUT2D eigenvalue weighted by Gasteiger charge is -2.34. The maximum Gasteiger partial charge on any atom is 0.220 e. The van der Waals surface area contributed by atoms with Gasteiger partial charge in [-0.25, -0.2) is 9.97 Å². The third-order valence-electron chi connectivity index (χ3n) is 7.00. The number of hydrogen-bond donors (Lipinski definition) is 2. The van der Waals surface area contributed by atoms with Crippen LogP contribution in [-0.2, 0) is 11.2 Å². The number of pyridine rings is 1. The Kier molecular flexibility index (Phi) is 4.93. The van der Waals surface area contributed by atoms with E-state index >= 15 is 0 Å². The molecule has 1 fully saturated rings. The molecule has 8 heteroatoms. The monoisotopic (exact) mass is 441 g/mol. The molecule has 1 amide bonds. The lowest BCUT2D eigenvalue weighted by molar-refractivity contribution is -0.121. The van der Waals surface area contributed by atoms with E-state index in [0.717, 1.165) is 84.1 Å². The first-order chi connectivity index (χ1) is 16.2. The number of amides is 1. The summed E-state index contributed by atoms with van der Waals surface area (Å²) in [6.07, 6.45) is 10.7. The van der Waals surface area contributed by atoms with Crippen LogP contribution in [0, 0.1) is 6.92 Å². The summed E-state index contributed by atoms with van der Waals surface area (Å²) in [6, 6.07) is 4.39. The highest BCUT2D eigenvalue weighted by Crippen LogP contribution is 2.36. The van der Waals surface area contributed by atoms with E-state index in [1.54, 1.807) is 6.33 Å². The summed E-state index contributed by atoms with van der Waals surface area (Å²) in [5, 5.41) is 12.7. The van der Waals surface area contributed by atoms with Crippen LogP contribution in [0.1, 0.15) is 43.2 Å². The van der Waals surface area contributed by atoms with Crippen molar-refractivity contribution >= 4 is 33.5 Å². The van der Waals surface area contributed by atoms with Gasteiger partial charge in [-0.2, -0.15) is 5.10 Å². The van der Waals surface area contributed by atoms with Crippen LogP contribution in [-0.4, -0.2) is 50.2 Å². The Labute approximate surface area is 191 Å². The van der Waals surface area contributed by atoms with Gasteiger partial charge in [-0.15, -0.1) is 0 Å². The van der Waals surface area contributed by atoms with Crippen LogP contribution in [0.2, 0.25) is 0 Å². The van der Waals surface area contributed by atoms with E-state index in [9.17, 15) is 4.79 Å². The van der Waals surface area contributed by atoms with Crippen molar-refractivity contribution in [3.8, 4) is 11.3 Å². The maximum atomic E-state index is 12.6. The topological polar surface area (TPSA) is 99.7 Å². The van der Waals surface area contributed by atoms with Crippen molar-refractivity contribution in [3.63, 3.8) is 0 Å². The first-order valence-corrected chi connectivity index (χ1v) is 11.8. The summed E-state index contributed by atoms with van der Waals surface area (Å²) in [6.45, 7) is 3.81. The fraction of sp³-hybridized carbons (Fsp3) is 0.400. The van der Waals surface area contributed by atoms with Crippen molar-refractivity contribution in [1.82, 2.24) is 30.5 Å². The highest BCUT2D eigenvalue weighted by molar-refractivity contribution is 5.99. The van der Waals surface area contributed by atoms with Crippen molar-refractivity contribution in [2.24, 2.45) is 0 Å². The van der Waals surface area contributed by atoms with Crippen molar-refractivity contribution in [2.75, 3.05) is 18.0 Å². The second-order valence-corrected chi connectivity index (χ2v) is 9.22. The molecule has 1 saturated heterocycles. The molecular formula is C25H27N7O. The van der Waals surface area contributed by atoms with Crippen LogP contribution >= 0.6 is 0 Å². The van der Waals surface area contributed by atoms with Crippen LogP contribution in [0.3, 0.4) is 0 Å². The van der Waals surface area contributed by atoms with E-state index in [2.05, 4.69) is 49.4 Å². The molecule has 8 nitrogen and oxygen atoms in total. The van der Waals surface area contributed by atoms with Crippen LogP contribution in [0.4, 0.5) is 5.82 Å². The first-order valence-electron chi connectivity index (χ1n) is 11.8. The number of anilines is 1. The average Bonchev–Trinajstić information content (AvgIpc) is 3.28. The first kappa shape index (κ1) is 20.1. The molecule has 0 aliphatic carbocycles. The molecule has 1 atom stereocenters. The Balaban J connectivity index is 1.55. The molecule has 3 aliphatic heterocycles. The number of H-pyrrole nitrogens is 1. The number of aromatic amines is 1. The van der Waals surface area contributed by atoms with Gasteiger partial charge >= 0.3 is 0 Å². The van der Waals surface area contributed by atoms with Crippen molar-refractivity contribution in [2.45, 2.75) is 51.5 Å². The largest absolute Gasteiger partial charge is 0.354 e. The SMILES string of the molecule is Cc1cc2[nH]ncc2c2c1CCCCC(=O)NC1CCCN(C1)c1ncnc3cc-2ncc13. The van der Waals surface area contributed by atoms with Crippen molar-refractivity contribution in [1.29, 1.82) is 0 Å². The smallest absolute Gasteiger partial charge is 0.220 e. The van der Waals surface area contributed by atoms with Crippen LogP contribution in [0.5, 0.6) is 0 Å². The minimum absolute atomic E-state index is 0.147. The van der Waals surface area contributed by atoms with Gasteiger partial charge in [0.2, 0.25) is 5.91 Å². The third kappa shape index (κ3) is 3.59. The van der Waals surface area contributed by atoms with E-state index < -0.39 is 0 Å². The minimum Gasteiger partial charge on any atom is -0.354 e. The summed E-state index contributed by atoms with van der Waals surface area (Å²) in [5.41, 5.74) is 6.36. The van der Waals surface area contributed by atoms with Crippen LogP contribution in [0.25, 0.3) is 33.1 Å². The van der Waals surface area contributed by atoms with Crippen LogP contribution in [0.15, 0.2) is 30.9 Å². The summed E-state index contributed by atoms with van der Waals surface area (Å²) < 4.78 is 0. The zero-order valence-electron chi connectivity index (χ0n) is 18.8. The van der Waals surface area contributed by atoms with Crippen molar-refractivity contribution in [3.05, 3.63) is 42.0 Å². The Morgan fingerprint density at radius 1 is 1.03 bits per heavy atom. The predicted molar refractivity (Wildman–Crippen MR) is 128 cm³/mol. The number of carbonyl (C=O) groups excluding carboxylic acids is 1. The number of fused-ring (bicyclic) bond motifs is 7. The quantitative estimate of drug-likeness (QED) is 0.432. The maximum absolute atomic E-state index is 12.6. The lowest BCUT2D eigenvalue weighted by Crippen LogP contribution is -2.48. The standard InChI is InChI=1S/C25H27N7O/c1-15-9-21-18(12-29-31-21)24-17(15)6-2-3-7-23(33)30-16-5-4-8-32(13-16)25-19-11-26-22(24)10-20(19)27-14-28-25/h9-12,14,16H,2-8,13H2,1H3,(H,29,31)(H,30,33). The summed E-state index contributed by atoms with van der Waals surface area (Å²) in [5.74, 6) is 1.04. The van der Waals surface area contributed by atoms with Crippen molar-refractivity contribution < 1.29 is 4.79 Å². The Morgan fingerprint density at radius 2 is 1.94 bits per heavy atom. The molecule has 4 aromatic rings. The second kappa shape index (κ2) is 8.10. The van der Waals surface area contributed by atoms with Gasteiger partial charge in [0, 0.05) is 42.7 Å². The molecule has 3 aromatic heterocycles. The van der Waals surface area contributed by atoms with E-state index in [1.807, 2.05) is 12.4 Å². The lowest BCUT2D eigenvalue weighted by atomic mass is 9.91. The number of nitrogens with one attached hydrogen (secondary N) is 2. The molecule has 33 heavy (non-hydrogen) atoms.